The van der Waals surface area contributed by atoms with Gasteiger partial charge in [0.15, 0.2) is 0 Å². The van der Waals surface area contributed by atoms with E-state index in [9.17, 15) is 9.59 Å². The number of rotatable bonds is 8. The Kier molecular flexibility index (Phi) is 7.35. The van der Waals surface area contributed by atoms with E-state index in [1.807, 2.05) is 85.8 Å². The standard InChI is InChI=1S/C25H26N2O3/c1-19-7-6-10-22(15-19)26-24(28)16-20-11-13-23(14-12-20)27(25(29)18-30-2)17-21-8-4-3-5-9-21/h3-15H,16-18H2,1-2H3,(H,26,28). The van der Waals surface area contributed by atoms with Crippen LogP contribution in [0.4, 0.5) is 11.4 Å². The SMILES string of the molecule is COCC(=O)N(Cc1ccccc1)c1ccc(CC(=O)Nc2cccc(C)c2)cc1. The number of methoxy groups -OCH3 is 1. The van der Waals surface area contributed by atoms with Gasteiger partial charge in [0, 0.05) is 18.5 Å². The van der Waals surface area contributed by atoms with Crippen LogP contribution >= 0.6 is 0 Å². The lowest BCUT2D eigenvalue weighted by molar-refractivity contribution is -0.122. The van der Waals surface area contributed by atoms with Crippen molar-refractivity contribution >= 4 is 23.2 Å². The van der Waals surface area contributed by atoms with Gasteiger partial charge in [0.1, 0.15) is 6.61 Å². The van der Waals surface area contributed by atoms with Gasteiger partial charge in [-0.1, -0.05) is 54.6 Å². The largest absolute Gasteiger partial charge is 0.375 e. The van der Waals surface area contributed by atoms with Crippen LogP contribution in [-0.4, -0.2) is 25.5 Å². The Morgan fingerprint density at radius 1 is 0.900 bits per heavy atom. The molecule has 1 N–H and O–H groups in total. The fourth-order valence-corrected chi connectivity index (χ4v) is 3.20. The summed E-state index contributed by atoms with van der Waals surface area (Å²) in [5, 5.41) is 2.92. The molecular formula is C25H26N2O3. The molecule has 0 heterocycles. The number of aryl methyl sites for hydroxylation is 1. The third-order valence-electron chi connectivity index (χ3n) is 4.67. The molecule has 0 unspecified atom stereocenters. The highest BCUT2D eigenvalue weighted by Crippen LogP contribution is 2.19. The summed E-state index contributed by atoms with van der Waals surface area (Å²) in [6.45, 7) is 2.45. The normalized spacial score (nSPS) is 10.5. The van der Waals surface area contributed by atoms with Gasteiger partial charge in [0.05, 0.1) is 13.0 Å². The van der Waals surface area contributed by atoms with Crippen molar-refractivity contribution in [3.8, 4) is 0 Å². The molecule has 3 rings (SSSR count). The van der Waals surface area contributed by atoms with Gasteiger partial charge in [0.2, 0.25) is 5.91 Å². The maximum absolute atomic E-state index is 12.6. The molecule has 0 saturated heterocycles. The molecule has 154 valence electrons. The summed E-state index contributed by atoms with van der Waals surface area (Å²) >= 11 is 0. The molecule has 0 aromatic heterocycles. The minimum absolute atomic E-state index is 0.00742. The Bertz CT molecular complexity index is 985. The van der Waals surface area contributed by atoms with Crippen LogP contribution in [0.25, 0.3) is 0 Å². The molecule has 30 heavy (non-hydrogen) atoms. The molecule has 0 spiro atoms. The second-order valence-electron chi connectivity index (χ2n) is 7.16. The van der Waals surface area contributed by atoms with Gasteiger partial charge < -0.3 is 15.0 Å². The number of nitrogens with zero attached hydrogens (tertiary/aromatic N) is 1. The molecule has 0 radical (unpaired) electrons. The number of amides is 2. The van der Waals surface area contributed by atoms with E-state index in [4.69, 9.17) is 4.74 Å². The smallest absolute Gasteiger partial charge is 0.253 e. The second kappa shape index (κ2) is 10.4. The van der Waals surface area contributed by atoms with Crippen LogP contribution in [0, 0.1) is 6.92 Å². The topological polar surface area (TPSA) is 58.6 Å². The summed E-state index contributed by atoms with van der Waals surface area (Å²) in [5.41, 5.74) is 4.56. The zero-order chi connectivity index (χ0) is 21.3. The summed E-state index contributed by atoms with van der Waals surface area (Å²) in [7, 11) is 1.51. The second-order valence-corrected chi connectivity index (χ2v) is 7.16. The third kappa shape index (κ3) is 6.03. The van der Waals surface area contributed by atoms with Crippen LogP contribution in [0.15, 0.2) is 78.9 Å². The van der Waals surface area contributed by atoms with Crippen molar-refractivity contribution in [3.63, 3.8) is 0 Å². The zero-order valence-electron chi connectivity index (χ0n) is 17.3. The van der Waals surface area contributed by atoms with Gasteiger partial charge in [-0.15, -0.1) is 0 Å². The number of ether oxygens (including phenoxy) is 1. The molecule has 3 aromatic rings. The van der Waals surface area contributed by atoms with E-state index in [0.29, 0.717) is 6.54 Å². The molecule has 2 amide bonds. The Balaban J connectivity index is 1.69. The van der Waals surface area contributed by atoms with E-state index in [0.717, 1.165) is 28.1 Å². The average molecular weight is 402 g/mol. The van der Waals surface area contributed by atoms with E-state index in [-0.39, 0.29) is 24.8 Å². The van der Waals surface area contributed by atoms with Crippen molar-refractivity contribution in [1.29, 1.82) is 0 Å². The molecule has 0 aliphatic rings. The maximum Gasteiger partial charge on any atom is 0.253 e. The minimum atomic E-state index is -0.119. The molecule has 0 aliphatic carbocycles. The van der Waals surface area contributed by atoms with Crippen molar-refractivity contribution in [1.82, 2.24) is 0 Å². The molecule has 5 nitrogen and oxygen atoms in total. The monoisotopic (exact) mass is 402 g/mol. The highest BCUT2D eigenvalue weighted by atomic mass is 16.5. The molecule has 3 aromatic carbocycles. The fourth-order valence-electron chi connectivity index (χ4n) is 3.20. The van der Waals surface area contributed by atoms with Gasteiger partial charge in [0.25, 0.3) is 5.91 Å². The summed E-state index contributed by atoms with van der Waals surface area (Å²) in [4.78, 5) is 26.6. The molecule has 0 aliphatic heterocycles. The zero-order valence-corrected chi connectivity index (χ0v) is 17.3. The predicted molar refractivity (Wildman–Crippen MR) is 119 cm³/mol. The van der Waals surface area contributed by atoms with Crippen LogP contribution in [0.2, 0.25) is 0 Å². The third-order valence-corrected chi connectivity index (χ3v) is 4.67. The predicted octanol–water partition coefficient (Wildman–Crippen LogP) is 4.36. The van der Waals surface area contributed by atoms with E-state index in [2.05, 4.69) is 5.32 Å². The highest BCUT2D eigenvalue weighted by molar-refractivity contribution is 5.95. The van der Waals surface area contributed by atoms with Crippen LogP contribution < -0.4 is 10.2 Å². The fraction of sp³-hybridized carbons (Fsp3) is 0.200. The summed E-state index contributed by atoms with van der Waals surface area (Å²) in [5.74, 6) is -0.198. The Labute approximate surface area is 177 Å². The highest BCUT2D eigenvalue weighted by Gasteiger charge is 2.16. The van der Waals surface area contributed by atoms with Crippen molar-refractivity contribution in [3.05, 3.63) is 95.6 Å². The van der Waals surface area contributed by atoms with E-state index < -0.39 is 0 Å². The molecular weight excluding hydrogens is 376 g/mol. The number of benzene rings is 3. The average Bonchev–Trinajstić information content (AvgIpc) is 2.73. The van der Waals surface area contributed by atoms with Crippen molar-refractivity contribution < 1.29 is 14.3 Å². The summed E-state index contributed by atoms with van der Waals surface area (Å²) in [6.07, 6.45) is 0.263. The van der Waals surface area contributed by atoms with Gasteiger partial charge in [-0.05, 0) is 47.9 Å². The van der Waals surface area contributed by atoms with Crippen molar-refractivity contribution in [2.24, 2.45) is 0 Å². The van der Waals surface area contributed by atoms with Gasteiger partial charge >= 0.3 is 0 Å². The molecule has 0 fully saturated rings. The first-order valence-corrected chi connectivity index (χ1v) is 9.84. The number of carbonyl (C=O) groups is 2. The molecule has 0 bridgehead atoms. The molecule has 0 atom stereocenters. The lowest BCUT2D eigenvalue weighted by Crippen LogP contribution is -2.33. The number of carbonyl (C=O) groups excluding carboxylic acids is 2. The number of nitrogens with one attached hydrogen (secondary N) is 1. The van der Waals surface area contributed by atoms with Gasteiger partial charge in [-0.25, -0.2) is 0 Å². The summed E-state index contributed by atoms with van der Waals surface area (Å²) in [6, 6.07) is 25.0. The van der Waals surface area contributed by atoms with Crippen molar-refractivity contribution in [2.75, 3.05) is 23.9 Å². The maximum atomic E-state index is 12.6. The number of hydrogen-bond donors (Lipinski definition) is 1. The van der Waals surface area contributed by atoms with E-state index in [1.54, 1.807) is 4.90 Å². The lowest BCUT2D eigenvalue weighted by Gasteiger charge is -2.23. The first-order valence-electron chi connectivity index (χ1n) is 9.84. The first kappa shape index (κ1) is 21.3. The molecule has 0 saturated carbocycles. The van der Waals surface area contributed by atoms with Crippen molar-refractivity contribution in [2.45, 2.75) is 19.9 Å². The van der Waals surface area contributed by atoms with E-state index >= 15 is 0 Å². The van der Waals surface area contributed by atoms with E-state index in [1.165, 1.54) is 7.11 Å². The molecule has 5 heteroatoms. The summed E-state index contributed by atoms with van der Waals surface area (Å²) < 4.78 is 5.04. The van der Waals surface area contributed by atoms with Gasteiger partial charge in [-0.2, -0.15) is 0 Å². The van der Waals surface area contributed by atoms with Crippen LogP contribution in [0.1, 0.15) is 16.7 Å². The Hall–Kier alpha value is -3.44. The number of hydrogen-bond acceptors (Lipinski definition) is 3. The van der Waals surface area contributed by atoms with Crippen LogP contribution in [0.5, 0.6) is 0 Å². The Morgan fingerprint density at radius 2 is 1.63 bits per heavy atom. The Morgan fingerprint density at radius 3 is 2.30 bits per heavy atom. The number of anilines is 2. The first-order chi connectivity index (χ1) is 14.5. The van der Waals surface area contributed by atoms with Crippen LogP contribution in [0.3, 0.4) is 0 Å². The van der Waals surface area contributed by atoms with Gasteiger partial charge in [-0.3, -0.25) is 9.59 Å². The van der Waals surface area contributed by atoms with Crippen LogP contribution in [-0.2, 0) is 27.3 Å². The quantitative estimate of drug-likeness (QED) is 0.609. The lowest BCUT2D eigenvalue weighted by atomic mass is 10.1. The minimum Gasteiger partial charge on any atom is -0.375 e.